The summed E-state index contributed by atoms with van der Waals surface area (Å²) in [6.45, 7) is 5.02. The van der Waals surface area contributed by atoms with Crippen molar-refractivity contribution in [2.45, 2.75) is 70.6 Å². The number of nitrogens with two attached hydrogens (primary N) is 3. The van der Waals surface area contributed by atoms with E-state index < -0.39 is 60.2 Å². The lowest BCUT2D eigenvalue weighted by Crippen LogP contribution is -2.58. The summed E-state index contributed by atoms with van der Waals surface area (Å²) >= 11 is 0. The second kappa shape index (κ2) is 14.6. The van der Waals surface area contributed by atoms with Crippen LogP contribution in [0.25, 0.3) is 0 Å². The number of amides is 3. The molecule has 0 heterocycles. The van der Waals surface area contributed by atoms with E-state index in [1.807, 2.05) is 0 Å². The lowest BCUT2D eigenvalue weighted by molar-refractivity contribution is -0.142. The van der Waals surface area contributed by atoms with Gasteiger partial charge < -0.3 is 43.4 Å². The Morgan fingerprint density at radius 2 is 1.55 bits per heavy atom. The highest BCUT2D eigenvalue weighted by atomic mass is 16.4. The average molecular weight is 474 g/mol. The van der Waals surface area contributed by atoms with Crippen LogP contribution in [0.4, 0.5) is 0 Å². The largest absolute Gasteiger partial charge is 0.481 e. The third-order valence-corrected chi connectivity index (χ3v) is 4.84. The minimum atomic E-state index is -1.35. The zero-order valence-corrected chi connectivity index (χ0v) is 19.0. The first-order valence-corrected chi connectivity index (χ1v) is 10.5. The van der Waals surface area contributed by atoms with Gasteiger partial charge in [0.1, 0.15) is 18.1 Å². The highest BCUT2D eigenvalue weighted by Gasteiger charge is 2.31. The molecule has 188 valence electrons. The predicted octanol–water partition coefficient (Wildman–Crippen LogP) is -2.55. The van der Waals surface area contributed by atoms with Gasteiger partial charge in [-0.3, -0.25) is 24.2 Å². The van der Waals surface area contributed by atoms with Crippen LogP contribution in [0.5, 0.6) is 0 Å². The van der Waals surface area contributed by atoms with Crippen molar-refractivity contribution < 1.29 is 34.2 Å². The number of carboxylic acids is 2. The average Bonchev–Trinajstić information content (AvgIpc) is 2.71. The summed E-state index contributed by atoms with van der Waals surface area (Å²) in [7, 11) is 0. The molecule has 14 heteroatoms. The zero-order chi connectivity index (χ0) is 25.7. The van der Waals surface area contributed by atoms with Crippen LogP contribution in [-0.2, 0) is 24.0 Å². The molecule has 0 saturated heterocycles. The van der Waals surface area contributed by atoms with Gasteiger partial charge >= 0.3 is 11.9 Å². The van der Waals surface area contributed by atoms with Gasteiger partial charge in [-0.25, -0.2) is 4.79 Å². The third kappa shape index (κ3) is 11.7. The summed E-state index contributed by atoms with van der Waals surface area (Å²) in [5, 5.41) is 25.3. The summed E-state index contributed by atoms with van der Waals surface area (Å²) in [6.07, 6.45) is 0.239. The van der Waals surface area contributed by atoms with Crippen molar-refractivity contribution in [2.24, 2.45) is 28.1 Å². The molecule has 3 amide bonds. The van der Waals surface area contributed by atoms with E-state index in [-0.39, 0.29) is 24.8 Å². The molecule has 11 N–H and O–H groups in total. The number of aliphatic carboxylic acids is 2. The van der Waals surface area contributed by atoms with Crippen molar-refractivity contribution in [1.82, 2.24) is 16.0 Å². The minimum Gasteiger partial charge on any atom is -0.481 e. The quantitative estimate of drug-likeness (QED) is 0.0701. The molecule has 14 nitrogen and oxygen atoms in total. The van der Waals surface area contributed by atoms with E-state index in [9.17, 15) is 29.1 Å². The van der Waals surface area contributed by atoms with Gasteiger partial charge in [0.15, 0.2) is 5.96 Å². The maximum Gasteiger partial charge on any atom is 0.326 e. The molecule has 0 saturated carbocycles. The summed E-state index contributed by atoms with van der Waals surface area (Å²) in [4.78, 5) is 63.2. The number of hydrogen-bond acceptors (Lipinski definition) is 7. The van der Waals surface area contributed by atoms with E-state index in [1.165, 1.54) is 6.92 Å². The van der Waals surface area contributed by atoms with E-state index in [0.29, 0.717) is 12.8 Å². The second-order valence-electron chi connectivity index (χ2n) is 7.65. The molecule has 0 aromatic heterocycles. The fourth-order valence-corrected chi connectivity index (χ4v) is 2.67. The second-order valence-corrected chi connectivity index (χ2v) is 7.65. The highest BCUT2D eigenvalue weighted by Crippen LogP contribution is 2.09. The fourth-order valence-electron chi connectivity index (χ4n) is 2.67. The standard InChI is InChI=1S/C19H35N7O7/c1-4-9(2)14(26-16(30)11(20)8-13(27)28)17(31)24-10(3)15(29)25-12(18(32)33)6-5-7-23-19(21)22/h9-12,14H,4-8,20H2,1-3H3,(H,24,31)(H,25,29)(H,26,30)(H,27,28)(H,32,33)(H4,21,22,23). The lowest BCUT2D eigenvalue weighted by atomic mass is 9.97. The van der Waals surface area contributed by atoms with E-state index in [4.69, 9.17) is 22.3 Å². The first kappa shape index (κ1) is 29.6. The van der Waals surface area contributed by atoms with Gasteiger partial charge in [0.2, 0.25) is 17.7 Å². The Morgan fingerprint density at radius 1 is 0.939 bits per heavy atom. The summed E-state index contributed by atoms with van der Waals surface area (Å²) in [5.74, 6) is -5.27. The van der Waals surface area contributed by atoms with Crippen LogP contribution in [0.1, 0.15) is 46.5 Å². The maximum atomic E-state index is 12.7. The van der Waals surface area contributed by atoms with E-state index >= 15 is 0 Å². The molecule has 5 atom stereocenters. The van der Waals surface area contributed by atoms with E-state index in [2.05, 4.69) is 20.9 Å². The first-order valence-electron chi connectivity index (χ1n) is 10.5. The minimum absolute atomic E-state index is 0.0610. The van der Waals surface area contributed by atoms with Gasteiger partial charge in [-0.15, -0.1) is 0 Å². The normalized spacial score (nSPS) is 15.2. The number of aliphatic imine (C=N–C) groups is 1. The number of rotatable bonds is 15. The molecule has 0 aromatic carbocycles. The van der Waals surface area contributed by atoms with Crippen molar-refractivity contribution >= 4 is 35.6 Å². The fraction of sp³-hybridized carbons (Fsp3) is 0.684. The Balaban J connectivity index is 5.07. The molecule has 0 spiro atoms. The molecule has 0 aliphatic carbocycles. The number of nitrogens with zero attached hydrogens (tertiary/aromatic N) is 1. The predicted molar refractivity (Wildman–Crippen MR) is 119 cm³/mol. The van der Waals surface area contributed by atoms with Gasteiger partial charge in [-0.05, 0) is 25.7 Å². The van der Waals surface area contributed by atoms with Crippen molar-refractivity contribution in [3.8, 4) is 0 Å². The number of hydrogen-bond donors (Lipinski definition) is 8. The molecule has 0 radical (unpaired) electrons. The van der Waals surface area contributed by atoms with Gasteiger partial charge in [0, 0.05) is 6.54 Å². The Labute approximate surface area is 191 Å². The number of guanidine groups is 1. The summed E-state index contributed by atoms with van der Waals surface area (Å²) in [5.41, 5.74) is 15.9. The van der Waals surface area contributed by atoms with Gasteiger partial charge in [-0.1, -0.05) is 20.3 Å². The van der Waals surface area contributed by atoms with Gasteiger partial charge in [0.25, 0.3) is 0 Å². The van der Waals surface area contributed by atoms with Crippen LogP contribution in [0.2, 0.25) is 0 Å². The maximum absolute atomic E-state index is 12.7. The Hall–Kier alpha value is -3.42. The Morgan fingerprint density at radius 3 is 2.03 bits per heavy atom. The van der Waals surface area contributed by atoms with Crippen LogP contribution >= 0.6 is 0 Å². The molecular formula is C19H35N7O7. The Bertz CT molecular complexity index is 740. The summed E-state index contributed by atoms with van der Waals surface area (Å²) < 4.78 is 0. The number of carboxylic acid groups (broad SMARTS) is 2. The Kier molecular flexibility index (Phi) is 13.1. The molecule has 33 heavy (non-hydrogen) atoms. The van der Waals surface area contributed by atoms with Crippen LogP contribution in [0, 0.1) is 5.92 Å². The molecular weight excluding hydrogens is 438 g/mol. The van der Waals surface area contributed by atoms with Gasteiger partial charge in [0.05, 0.1) is 12.5 Å². The van der Waals surface area contributed by atoms with Crippen LogP contribution in [0.15, 0.2) is 4.99 Å². The van der Waals surface area contributed by atoms with E-state index in [0.717, 1.165) is 0 Å². The highest BCUT2D eigenvalue weighted by molar-refractivity contribution is 5.94. The number of carbonyl (C=O) groups is 5. The summed E-state index contributed by atoms with van der Waals surface area (Å²) in [6, 6.07) is -4.76. The van der Waals surface area contributed by atoms with Crippen LogP contribution in [0.3, 0.4) is 0 Å². The van der Waals surface area contributed by atoms with Crippen LogP contribution < -0.4 is 33.2 Å². The number of carbonyl (C=O) groups excluding carboxylic acids is 3. The smallest absolute Gasteiger partial charge is 0.326 e. The van der Waals surface area contributed by atoms with Crippen molar-refractivity contribution in [2.75, 3.05) is 6.54 Å². The molecule has 0 bridgehead atoms. The molecule has 0 fully saturated rings. The van der Waals surface area contributed by atoms with E-state index in [1.54, 1.807) is 13.8 Å². The third-order valence-electron chi connectivity index (χ3n) is 4.84. The van der Waals surface area contributed by atoms with Crippen molar-refractivity contribution in [1.29, 1.82) is 0 Å². The SMILES string of the molecule is CCC(C)C(NC(=O)C(N)CC(=O)O)C(=O)NC(C)C(=O)NC(CCCN=C(N)N)C(=O)O. The first-order chi connectivity index (χ1) is 15.3. The zero-order valence-electron chi connectivity index (χ0n) is 19.0. The molecule has 0 rings (SSSR count). The topological polar surface area (TPSA) is 252 Å². The molecule has 0 aromatic rings. The molecule has 0 aliphatic heterocycles. The number of nitrogens with one attached hydrogen (secondary N) is 3. The molecule has 0 aliphatic rings. The van der Waals surface area contributed by atoms with Crippen molar-refractivity contribution in [3.63, 3.8) is 0 Å². The monoisotopic (exact) mass is 473 g/mol. The molecule has 5 unspecified atom stereocenters. The van der Waals surface area contributed by atoms with Crippen LogP contribution in [-0.4, -0.2) is 76.5 Å². The van der Waals surface area contributed by atoms with Crippen molar-refractivity contribution in [3.05, 3.63) is 0 Å². The van der Waals surface area contributed by atoms with Gasteiger partial charge in [-0.2, -0.15) is 0 Å². The lowest BCUT2D eigenvalue weighted by Gasteiger charge is -2.26.